The molecule has 1 aliphatic heterocycles. The summed E-state index contributed by atoms with van der Waals surface area (Å²) in [5.74, 6) is -0.127. The van der Waals surface area contributed by atoms with E-state index in [0.717, 1.165) is 42.3 Å². The van der Waals surface area contributed by atoms with Crippen molar-refractivity contribution in [2.24, 2.45) is 5.41 Å². The molecule has 1 aromatic heterocycles. The number of anilines is 1. The molecule has 3 rings (SSSR count). The number of carbonyl (C=O) groups excluding carboxylic acids is 1. The second-order valence-electron chi connectivity index (χ2n) is 7.51. The van der Waals surface area contributed by atoms with Gasteiger partial charge in [0, 0.05) is 35.5 Å². The molecular weight excluding hydrogens is 337 g/mol. The van der Waals surface area contributed by atoms with Crippen LogP contribution in [0, 0.1) is 11.2 Å². The van der Waals surface area contributed by atoms with Crippen molar-refractivity contribution in [3.8, 4) is 11.3 Å². The summed E-state index contributed by atoms with van der Waals surface area (Å²) in [6, 6.07) is 6.65. The van der Waals surface area contributed by atoms with Gasteiger partial charge in [0.15, 0.2) is 5.13 Å². The monoisotopic (exact) mass is 361 g/mol. The van der Waals surface area contributed by atoms with E-state index in [1.54, 1.807) is 23.5 Å². The van der Waals surface area contributed by atoms with Gasteiger partial charge in [0.25, 0.3) is 0 Å². The number of carbonyl (C=O) groups is 1. The van der Waals surface area contributed by atoms with Gasteiger partial charge >= 0.3 is 0 Å². The average Bonchev–Trinajstić information content (AvgIpc) is 3.05. The van der Waals surface area contributed by atoms with E-state index >= 15 is 0 Å². The van der Waals surface area contributed by atoms with Crippen LogP contribution in [-0.4, -0.2) is 30.0 Å². The normalized spacial score (nSPS) is 16.1. The van der Waals surface area contributed by atoms with E-state index in [2.05, 4.69) is 10.2 Å². The van der Waals surface area contributed by atoms with Crippen molar-refractivity contribution in [2.45, 2.75) is 39.7 Å². The fourth-order valence-electron chi connectivity index (χ4n) is 2.78. The number of piperidine rings is 1. The van der Waals surface area contributed by atoms with Crippen LogP contribution < -0.4 is 10.2 Å². The molecule has 2 aromatic rings. The van der Waals surface area contributed by atoms with Crippen LogP contribution in [0.2, 0.25) is 0 Å². The number of amides is 1. The third kappa shape index (κ3) is 4.37. The van der Waals surface area contributed by atoms with Crippen molar-refractivity contribution in [2.75, 3.05) is 18.0 Å². The van der Waals surface area contributed by atoms with Gasteiger partial charge in [0.1, 0.15) is 5.82 Å². The van der Waals surface area contributed by atoms with Gasteiger partial charge < -0.3 is 10.2 Å². The number of hydrogen-bond acceptors (Lipinski definition) is 4. The Morgan fingerprint density at radius 3 is 2.48 bits per heavy atom. The minimum atomic E-state index is -0.351. The van der Waals surface area contributed by atoms with Crippen molar-refractivity contribution in [3.05, 3.63) is 35.5 Å². The Morgan fingerprint density at radius 1 is 1.24 bits per heavy atom. The zero-order chi connectivity index (χ0) is 18.0. The van der Waals surface area contributed by atoms with E-state index < -0.39 is 0 Å². The van der Waals surface area contributed by atoms with Crippen LogP contribution in [0.1, 0.15) is 33.6 Å². The molecule has 1 amide bonds. The van der Waals surface area contributed by atoms with E-state index in [1.165, 1.54) is 12.1 Å². The molecular formula is C19H24FN3OS. The van der Waals surface area contributed by atoms with Gasteiger partial charge in [-0.15, -0.1) is 11.3 Å². The van der Waals surface area contributed by atoms with Gasteiger partial charge in [0.2, 0.25) is 5.91 Å². The smallest absolute Gasteiger partial charge is 0.225 e. The molecule has 1 N–H and O–H groups in total. The molecule has 0 aliphatic carbocycles. The molecule has 1 fully saturated rings. The molecule has 0 spiro atoms. The van der Waals surface area contributed by atoms with Gasteiger partial charge in [-0.3, -0.25) is 4.79 Å². The lowest BCUT2D eigenvalue weighted by Crippen LogP contribution is -2.47. The van der Waals surface area contributed by atoms with Gasteiger partial charge in [0.05, 0.1) is 5.69 Å². The van der Waals surface area contributed by atoms with Crippen molar-refractivity contribution < 1.29 is 9.18 Å². The fraction of sp³-hybridized carbons (Fsp3) is 0.474. The number of hydrogen-bond donors (Lipinski definition) is 1. The fourth-order valence-corrected chi connectivity index (χ4v) is 3.67. The highest BCUT2D eigenvalue weighted by Crippen LogP contribution is 2.29. The summed E-state index contributed by atoms with van der Waals surface area (Å²) in [5, 5.41) is 6.15. The summed E-state index contributed by atoms with van der Waals surface area (Å²) in [4.78, 5) is 19.1. The molecule has 0 unspecified atom stereocenters. The van der Waals surface area contributed by atoms with E-state index in [1.807, 2.05) is 26.2 Å². The molecule has 2 heterocycles. The highest BCUT2D eigenvalue weighted by Gasteiger charge is 2.27. The number of rotatable bonds is 3. The summed E-state index contributed by atoms with van der Waals surface area (Å²) in [6.45, 7) is 7.56. The van der Waals surface area contributed by atoms with Crippen LogP contribution in [0.15, 0.2) is 29.6 Å². The lowest BCUT2D eigenvalue weighted by molar-refractivity contribution is -0.129. The van der Waals surface area contributed by atoms with Crippen LogP contribution >= 0.6 is 11.3 Å². The Balaban J connectivity index is 1.58. The molecule has 134 valence electrons. The Morgan fingerprint density at radius 2 is 1.88 bits per heavy atom. The highest BCUT2D eigenvalue weighted by molar-refractivity contribution is 7.14. The van der Waals surface area contributed by atoms with Gasteiger partial charge in [-0.25, -0.2) is 9.37 Å². The van der Waals surface area contributed by atoms with Gasteiger partial charge in [-0.2, -0.15) is 0 Å². The molecule has 25 heavy (non-hydrogen) atoms. The van der Waals surface area contributed by atoms with Gasteiger partial charge in [-0.05, 0) is 37.1 Å². The molecule has 4 nitrogen and oxygen atoms in total. The summed E-state index contributed by atoms with van der Waals surface area (Å²) < 4.78 is 13.0. The van der Waals surface area contributed by atoms with E-state index in [0.29, 0.717) is 0 Å². The quantitative estimate of drug-likeness (QED) is 0.896. The van der Waals surface area contributed by atoms with Crippen molar-refractivity contribution in [3.63, 3.8) is 0 Å². The minimum absolute atomic E-state index is 0.110. The average molecular weight is 361 g/mol. The first-order valence-electron chi connectivity index (χ1n) is 8.60. The maximum atomic E-state index is 13.0. The first kappa shape index (κ1) is 17.9. The molecule has 1 aromatic carbocycles. The number of thiazole rings is 1. The second-order valence-corrected chi connectivity index (χ2v) is 8.34. The maximum Gasteiger partial charge on any atom is 0.225 e. The Kier molecular flexibility index (Phi) is 5.08. The van der Waals surface area contributed by atoms with Crippen LogP contribution in [0.25, 0.3) is 11.3 Å². The lowest BCUT2D eigenvalue weighted by Gasteiger charge is -2.33. The Bertz CT molecular complexity index is 728. The first-order chi connectivity index (χ1) is 11.8. The lowest BCUT2D eigenvalue weighted by atomic mass is 9.94. The third-order valence-electron chi connectivity index (χ3n) is 4.41. The van der Waals surface area contributed by atoms with Crippen molar-refractivity contribution in [1.82, 2.24) is 10.3 Å². The summed E-state index contributed by atoms with van der Waals surface area (Å²) >= 11 is 1.61. The zero-order valence-electron chi connectivity index (χ0n) is 14.9. The SMILES string of the molecule is CC(C)(C)C(=O)NC1CCN(c2nc(-c3ccc(F)cc3)cs2)CC1. The zero-order valence-corrected chi connectivity index (χ0v) is 15.7. The molecule has 0 saturated carbocycles. The number of benzene rings is 1. The number of nitrogens with one attached hydrogen (secondary N) is 1. The van der Waals surface area contributed by atoms with Crippen molar-refractivity contribution >= 4 is 22.4 Å². The minimum Gasteiger partial charge on any atom is -0.353 e. The topological polar surface area (TPSA) is 45.2 Å². The molecule has 1 aliphatic rings. The molecule has 0 radical (unpaired) electrons. The van der Waals surface area contributed by atoms with E-state index in [-0.39, 0.29) is 23.2 Å². The van der Waals surface area contributed by atoms with Crippen molar-refractivity contribution in [1.29, 1.82) is 0 Å². The second kappa shape index (κ2) is 7.12. The maximum absolute atomic E-state index is 13.0. The molecule has 0 atom stereocenters. The molecule has 0 bridgehead atoms. The van der Waals surface area contributed by atoms with Crippen LogP contribution in [0.4, 0.5) is 9.52 Å². The number of halogens is 1. The Labute approximate surface area is 152 Å². The Hall–Kier alpha value is -1.95. The molecule has 6 heteroatoms. The summed E-state index contributed by atoms with van der Waals surface area (Å²) in [5.41, 5.74) is 1.45. The summed E-state index contributed by atoms with van der Waals surface area (Å²) in [6.07, 6.45) is 1.85. The first-order valence-corrected chi connectivity index (χ1v) is 9.48. The van der Waals surface area contributed by atoms with E-state index in [4.69, 9.17) is 4.98 Å². The van der Waals surface area contributed by atoms with Crippen LogP contribution in [-0.2, 0) is 4.79 Å². The van der Waals surface area contributed by atoms with E-state index in [9.17, 15) is 9.18 Å². The largest absolute Gasteiger partial charge is 0.353 e. The summed E-state index contributed by atoms with van der Waals surface area (Å²) in [7, 11) is 0. The number of nitrogens with zero attached hydrogens (tertiary/aromatic N) is 2. The standard InChI is InChI=1S/C19H24FN3OS/c1-19(2,3)17(24)21-15-8-10-23(11-9-15)18-22-16(12-25-18)13-4-6-14(20)7-5-13/h4-7,12,15H,8-11H2,1-3H3,(H,21,24). The predicted molar refractivity (Wildman–Crippen MR) is 100 cm³/mol. The predicted octanol–water partition coefficient (Wildman–Crippen LogP) is 4.08. The van der Waals surface area contributed by atoms with Crippen LogP contribution in [0.3, 0.4) is 0 Å². The van der Waals surface area contributed by atoms with Gasteiger partial charge in [-0.1, -0.05) is 20.8 Å². The van der Waals surface area contributed by atoms with Crippen LogP contribution in [0.5, 0.6) is 0 Å². The number of aromatic nitrogens is 1. The highest BCUT2D eigenvalue weighted by atomic mass is 32.1. The molecule has 1 saturated heterocycles. The third-order valence-corrected chi connectivity index (χ3v) is 5.32.